The molecule has 0 saturated heterocycles. The fourth-order valence-corrected chi connectivity index (χ4v) is 2.12. The van der Waals surface area contributed by atoms with Gasteiger partial charge in [-0.25, -0.2) is 4.79 Å². The van der Waals surface area contributed by atoms with Crippen LogP contribution in [0.1, 0.15) is 39.2 Å². The molecule has 0 fully saturated rings. The highest BCUT2D eigenvalue weighted by Crippen LogP contribution is 2.10. The van der Waals surface area contributed by atoms with Crippen LogP contribution in [0.15, 0.2) is 30.3 Å². The highest BCUT2D eigenvalue weighted by Gasteiger charge is 2.24. The van der Waals surface area contributed by atoms with Gasteiger partial charge in [-0.1, -0.05) is 30.3 Å². The molecule has 0 heterocycles. The van der Waals surface area contributed by atoms with Crippen molar-refractivity contribution in [2.24, 2.45) is 0 Å². The average Bonchev–Trinajstić information content (AvgIpc) is 2.57. The zero-order valence-electron chi connectivity index (χ0n) is 15.7. The fourth-order valence-electron chi connectivity index (χ4n) is 2.12. The third-order valence-electron chi connectivity index (χ3n) is 3.22. The average molecular weight is 365 g/mol. The van der Waals surface area contributed by atoms with Crippen LogP contribution >= 0.6 is 0 Å². The lowest BCUT2D eigenvalue weighted by Crippen LogP contribution is -2.43. The van der Waals surface area contributed by atoms with Gasteiger partial charge in [-0.05, 0) is 32.8 Å². The van der Waals surface area contributed by atoms with Crippen molar-refractivity contribution in [1.82, 2.24) is 5.32 Å². The Hall–Kier alpha value is -2.41. The number of nitrogens with one attached hydrogen (secondary N) is 1. The minimum Gasteiger partial charge on any atom is -0.467 e. The molecule has 0 spiro atoms. The molecule has 1 rings (SSSR count). The van der Waals surface area contributed by atoms with E-state index in [0.717, 1.165) is 5.56 Å². The Balaban J connectivity index is 2.44. The van der Waals surface area contributed by atoms with Gasteiger partial charge in [-0.2, -0.15) is 0 Å². The quantitative estimate of drug-likeness (QED) is 0.673. The topological polar surface area (TPSA) is 90.9 Å². The van der Waals surface area contributed by atoms with Crippen LogP contribution in [-0.4, -0.2) is 43.2 Å². The molecule has 0 saturated carbocycles. The van der Waals surface area contributed by atoms with E-state index in [0.29, 0.717) is 0 Å². The molecule has 0 bridgehead atoms. The van der Waals surface area contributed by atoms with E-state index in [1.165, 1.54) is 7.11 Å². The summed E-state index contributed by atoms with van der Waals surface area (Å²) in [4.78, 5) is 35.6. The van der Waals surface area contributed by atoms with Crippen LogP contribution in [0.3, 0.4) is 0 Å². The summed E-state index contributed by atoms with van der Waals surface area (Å²) in [5.74, 6) is -1.52. The van der Waals surface area contributed by atoms with Crippen molar-refractivity contribution in [2.75, 3.05) is 13.7 Å². The molecule has 0 aliphatic heterocycles. The van der Waals surface area contributed by atoms with Crippen LogP contribution in [0.2, 0.25) is 0 Å². The molecule has 1 aromatic carbocycles. The third-order valence-corrected chi connectivity index (χ3v) is 3.22. The van der Waals surface area contributed by atoms with E-state index in [1.807, 2.05) is 30.3 Å². The van der Waals surface area contributed by atoms with E-state index in [4.69, 9.17) is 9.47 Å². The minimum absolute atomic E-state index is 0.0117. The summed E-state index contributed by atoms with van der Waals surface area (Å²) in [6.45, 7) is 5.36. The number of carbonyl (C=O) groups excluding carboxylic acids is 3. The van der Waals surface area contributed by atoms with E-state index in [9.17, 15) is 14.4 Å². The highest BCUT2D eigenvalue weighted by molar-refractivity contribution is 5.85. The van der Waals surface area contributed by atoms with Crippen LogP contribution in [-0.2, 0) is 35.2 Å². The first kappa shape index (κ1) is 21.6. The summed E-state index contributed by atoms with van der Waals surface area (Å²) in [5, 5.41) is 2.53. The second-order valence-electron chi connectivity index (χ2n) is 6.75. The second-order valence-corrected chi connectivity index (χ2v) is 6.75. The van der Waals surface area contributed by atoms with Crippen molar-refractivity contribution in [3.05, 3.63) is 35.9 Å². The summed E-state index contributed by atoms with van der Waals surface area (Å²) in [5.41, 5.74) is 0.335. The number of ether oxygens (including phenoxy) is 3. The molecular weight excluding hydrogens is 338 g/mol. The van der Waals surface area contributed by atoms with Gasteiger partial charge >= 0.3 is 11.9 Å². The normalized spacial score (nSPS) is 12.2. The molecule has 1 aromatic rings. The molecule has 1 atom stereocenters. The van der Waals surface area contributed by atoms with Gasteiger partial charge in [0.1, 0.15) is 18.2 Å². The first-order valence-corrected chi connectivity index (χ1v) is 8.42. The Morgan fingerprint density at radius 1 is 1.12 bits per heavy atom. The van der Waals surface area contributed by atoms with Gasteiger partial charge in [-0.15, -0.1) is 0 Å². The molecular formula is C19H27NO6. The van der Waals surface area contributed by atoms with Gasteiger partial charge < -0.3 is 19.5 Å². The first-order chi connectivity index (χ1) is 12.2. The van der Waals surface area contributed by atoms with Crippen LogP contribution in [0, 0.1) is 0 Å². The van der Waals surface area contributed by atoms with Gasteiger partial charge in [0.25, 0.3) is 0 Å². The smallest absolute Gasteiger partial charge is 0.328 e. The van der Waals surface area contributed by atoms with Crippen molar-refractivity contribution in [1.29, 1.82) is 0 Å². The first-order valence-electron chi connectivity index (χ1n) is 8.42. The van der Waals surface area contributed by atoms with E-state index < -0.39 is 29.5 Å². The molecule has 7 nitrogen and oxygen atoms in total. The number of methoxy groups -OCH3 is 1. The Labute approximate surface area is 154 Å². The van der Waals surface area contributed by atoms with E-state index in [-0.39, 0.29) is 26.1 Å². The maximum Gasteiger partial charge on any atom is 0.328 e. The van der Waals surface area contributed by atoms with E-state index >= 15 is 0 Å². The lowest BCUT2D eigenvalue weighted by molar-refractivity contribution is -0.155. The number of hydrogen-bond donors (Lipinski definition) is 1. The largest absolute Gasteiger partial charge is 0.467 e. The van der Waals surface area contributed by atoms with Gasteiger partial charge in [0.15, 0.2) is 0 Å². The third kappa shape index (κ3) is 9.17. The Kier molecular flexibility index (Phi) is 8.78. The molecule has 1 amide bonds. The van der Waals surface area contributed by atoms with Crippen LogP contribution < -0.4 is 5.32 Å². The summed E-state index contributed by atoms with van der Waals surface area (Å²) < 4.78 is 15.2. The summed E-state index contributed by atoms with van der Waals surface area (Å²) in [6.07, 6.45) is 0.0776. The molecule has 0 unspecified atom stereocenters. The van der Waals surface area contributed by atoms with Crippen LogP contribution in [0.4, 0.5) is 0 Å². The summed E-state index contributed by atoms with van der Waals surface area (Å²) >= 11 is 0. The number of carbonyl (C=O) groups is 3. The predicted molar refractivity (Wildman–Crippen MR) is 95.1 cm³/mol. The summed E-state index contributed by atoms with van der Waals surface area (Å²) in [7, 11) is 1.22. The van der Waals surface area contributed by atoms with E-state index in [1.54, 1.807) is 20.8 Å². The SMILES string of the molecule is COC(=O)[C@@H](CCC(=O)OC(C)(C)C)NC(=O)COCc1ccccc1. The number of amides is 1. The van der Waals surface area contributed by atoms with Crippen molar-refractivity contribution in [2.45, 2.75) is 51.9 Å². The van der Waals surface area contributed by atoms with Crippen molar-refractivity contribution >= 4 is 17.8 Å². The van der Waals surface area contributed by atoms with Crippen LogP contribution in [0.5, 0.6) is 0 Å². The Bertz CT molecular complexity index is 594. The van der Waals surface area contributed by atoms with Crippen molar-refractivity contribution < 1.29 is 28.6 Å². The fraction of sp³-hybridized carbons (Fsp3) is 0.526. The Morgan fingerprint density at radius 3 is 2.35 bits per heavy atom. The minimum atomic E-state index is -0.930. The molecule has 0 radical (unpaired) electrons. The van der Waals surface area contributed by atoms with Gasteiger partial charge in [0.05, 0.1) is 13.7 Å². The van der Waals surface area contributed by atoms with E-state index in [2.05, 4.69) is 10.1 Å². The molecule has 144 valence electrons. The lowest BCUT2D eigenvalue weighted by Gasteiger charge is -2.21. The van der Waals surface area contributed by atoms with Crippen molar-refractivity contribution in [3.8, 4) is 0 Å². The number of esters is 2. The number of hydrogen-bond acceptors (Lipinski definition) is 6. The molecule has 0 aromatic heterocycles. The molecule has 0 aliphatic carbocycles. The second kappa shape index (κ2) is 10.6. The Morgan fingerprint density at radius 2 is 1.77 bits per heavy atom. The van der Waals surface area contributed by atoms with Gasteiger partial charge in [0.2, 0.25) is 5.91 Å². The zero-order chi connectivity index (χ0) is 19.6. The highest BCUT2D eigenvalue weighted by atomic mass is 16.6. The van der Waals surface area contributed by atoms with Gasteiger partial charge in [0, 0.05) is 6.42 Å². The molecule has 0 aliphatic rings. The monoisotopic (exact) mass is 365 g/mol. The maximum absolute atomic E-state index is 12.0. The number of rotatable bonds is 9. The molecule has 7 heteroatoms. The zero-order valence-corrected chi connectivity index (χ0v) is 15.7. The molecule has 26 heavy (non-hydrogen) atoms. The van der Waals surface area contributed by atoms with Crippen molar-refractivity contribution in [3.63, 3.8) is 0 Å². The number of benzene rings is 1. The van der Waals surface area contributed by atoms with Crippen LogP contribution in [0.25, 0.3) is 0 Å². The predicted octanol–water partition coefficient (Wildman–Crippen LogP) is 1.98. The van der Waals surface area contributed by atoms with Gasteiger partial charge in [-0.3, -0.25) is 9.59 Å². The lowest BCUT2D eigenvalue weighted by atomic mass is 10.1. The summed E-state index contributed by atoms with van der Waals surface area (Å²) in [6, 6.07) is 8.49. The molecule has 1 N–H and O–H groups in total. The maximum atomic E-state index is 12.0. The standard InChI is InChI=1S/C19H27NO6/c1-19(2,3)26-17(22)11-10-15(18(23)24-4)20-16(21)13-25-12-14-8-6-5-7-9-14/h5-9,15H,10-13H2,1-4H3,(H,20,21)/t15-/m1/s1.